The van der Waals surface area contributed by atoms with Crippen LogP contribution >= 0.6 is 27.3 Å². The molecule has 0 saturated heterocycles. The van der Waals surface area contributed by atoms with Crippen LogP contribution in [0.5, 0.6) is 0 Å². The van der Waals surface area contributed by atoms with Crippen LogP contribution < -0.4 is 5.73 Å². The maximum Gasteiger partial charge on any atom is 0.193 e. The third kappa shape index (κ3) is 1.58. The molecule has 2 aromatic rings. The molecule has 0 bridgehead atoms. The highest BCUT2D eigenvalue weighted by molar-refractivity contribution is 9.10. The Morgan fingerprint density at radius 2 is 2.19 bits per heavy atom. The molecule has 1 aliphatic carbocycles. The van der Waals surface area contributed by atoms with Crippen LogP contribution in [0.2, 0.25) is 0 Å². The molecule has 0 unspecified atom stereocenters. The van der Waals surface area contributed by atoms with Gasteiger partial charge in [-0.3, -0.25) is 0 Å². The first-order chi connectivity index (χ1) is 7.75. The largest absolute Gasteiger partial charge is 0.380 e. The molecule has 2 heterocycles. The number of rotatable bonds is 1. The van der Waals surface area contributed by atoms with E-state index in [1.807, 2.05) is 0 Å². The summed E-state index contributed by atoms with van der Waals surface area (Å²) in [4.78, 5) is 2.62. The second-order valence-electron chi connectivity index (χ2n) is 3.98. The zero-order valence-corrected chi connectivity index (χ0v) is 11.0. The van der Waals surface area contributed by atoms with Gasteiger partial charge < -0.3 is 10.3 Å². The average molecular weight is 299 g/mol. The van der Waals surface area contributed by atoms with Crippen molar-refractivity contribution in [3.8, 4) is 10.6 Å². The van der Waals surface area contributed by atoms with Crippen LogP contribution in [0.4, 0.5) is 5.82 Å². The Hall–Kier alpha value is -0.810. The van der Waals surface area contributed by atoms with Crippen LogP contribution in [0, 0.1) is 0 Å². The fourth-order valence-electron chi connectivity index (χ4n) is 2.05. The molecule has 0 spiro atoms. The van der Waals surface area contributed by atoms with Gasteiger partial charge in [0.15, 0.2) is 11.6 Å². The van der Waals surface area contributed by atoms with Crippen molar-refractivity contribution >= 4 is 33.1 Å². The van der Waals surface area contributed by atoms with Gasteiger partial charge in [-0.25, -0.2) is 0 Å². The highest BCUT2D eigenvalue weighted by Crippen LogP contribution is 2.40. The Bertz CT molecular complexity index is 509. The summed E-state index contributed by atoms with van der Waals surface area (Å²) in [7, 11) is 0. The van der Waals surface area contributed by atoms with Gasteiger partial charge in [0.2, 0.25) is 0 Å². The number of anilines is 1. The molecule has 5 heteroatoms. The number of hydrogen-bond donors (Lipinski definition) is 1. The lowest BCUT2D eigenvalue weighted by Crippen LogP contribution is -1.96. The van der Waals surface area contributed by atoms with E-state index in [1.165, 1.54) is 36.1 Å². The maximum absolute atomic E-state index is 5.65. The van der Waals surface area contributed by atoms with Gasteiger partial charge >= 0.3 is 0 Å². The molecule has 0 aliphatic heterocycles. The van der Waals surface area contributed by atoms with E-state index >= 15 is 0 Å². The Labute approximate surface area is 106 Å². The van der Waals surface area contributed by atoms with Crippen molar-refractivity contribution in [2.75, 3.05) is 5.73 Å². The molecule has 84 valence electrons. The molecular weight excluding hydrogens is 288 g/mol. The first kappa shape index (κ1) is 10.4. The first-order valence-corrected chi connectivity index (χ1v) is 6.89. The number of thiophene rings is 1. The molecule has 0 saturated carbocycles. The quantitative estimate of drug-likeness (QED) is 0.875. The zero-order chi connectivity index (χ0) is 11.1. The zero-order valence-electron chi connectivity index (χ0n) is 8.62. The number of nitrogens with zero attached hydrogens (tertiary/aromatic N) is 1. The molecule has 0 aromatic carbocycles. The minimum Gasteiger partial charge on any atom is -0.380 e. The van der Waals surface area contributed by atoms with E-state index in [2.05, 4.69) is 27.2 Å². The predicted molar refractivity (Wildman–Crippen MR) is 68.6 cm³/mol. The van der Waals surface area contributed by atoms with Gasteiger partial charge in [-0.2, -0.15) is 0 Å². The number of aryl methyl sites for hydroxylation is 2. The molecule has 2 aromatic heterocycles. The molecule has 1 aliphatic rings. The van der Waals surface area contributed by atoms with Crippen LogP contribution in [0.25, 0.3) is 10.6 Å². The van der Waals surface area contributed by atoms with E-state index in [4.69, 9.17) is 10.3 Å². The maximum atomic E-state index is 5.65. The van der Waals surface area contributed by atoms with Gasteiger partial charge in [-0.05, 0) is 53.2 Å². The minimum absolute atomic E-state index is 0.418. The first-order valence-electron chi connectivity index (χ1n) is 5.28. The number of halogens is 1. The summed E-state index contributed by atoms with van der Waals surface area (Å²) < 4.78 is 6.02. The van der Waals surface area contributed by atoms with E-state index in [-0.39, 0.29) is 0 Å². The van der Waals surface area contributed by atoms with E-state index in [0.29, 0.717) is 5.82 Å². The van der Waals surface area contributed by atoms with Crippen LogP contribution in [-0.2, 0) is 12.8 Å². The molecule has 2 N–H and O–H groups in total. The predicted octanol–water partition coefficient (Wildman–Crippen LogP) is 3.63. The second-order valence-corrected chi connectivity index (χ2v) is 5.91. The SMILES string of the molecule is Nc1noc(-c2cc3c(s2)CCCC3)c1Br. The molecule has 16 heavy (non-hydrogen) atoms. The van der Waals surface area contributed by atoms with E-state index in [0.717, 1.165) is 15.1 Å². The van der Waals surface area contributed by atoms with Gasteiger partial charge in [-0.1, -0.05) is 5.16 Å². The van der Waals surface area contributed by atoms with Crippen molar-refractivity contribution in [2.45, 2.75) is 25.7 Å². The summed E-state index contributed by atoms with van der Waals surface area (Å²) in [5, 5.41) is 3.76. The van der Waals surface area contributed by atoms with Crippen LogP contribution in [0.15, 0.2) is 15.1 Å². The summed E-state index contributed by atoms with van der Waals surface area (Å²) in [5.41, 5.74) is 7.12. The van der Waals surface area contributed by atoms with Crippen molar-refractivity contribution in [1.82, 2.24) is 5.16 Å². The van der Waals surface area contributed by atoms with Gasteiger partial charge in [0.05, 0.1) is 4.88 Å². The van der Waals surface area contributed by atoms with Gasteiger partial charge in [-0.15, -0.1) is 11.3 Å². The molecular formula is C11H11BrN2OS. The summed E-state index contributed by atoms with van der Waals surface area (Å²) in [6, 6.07) is 2.21. The summed E-state index contributed by atoms with van der Waals surface area (Å²) in [6.07, 6.45) is 4.98. The monoisotopic (exact) mass is 298 g/mol. The van der Waals surface area contributed by atoms with Crippen molar-refractivity contribution in [1.29, 1.82) is 0 Å². The Kier molecular flexibility index (Phi) is 2.52. The fraction of sp³-hybridized carbons (Fsp3) is 0.364. The topological polar surface area (TPSA) is 52.0 Å². The van der Waals surface area contributed by atoms with Crippen molar-refractivity contribution in [2.24, 2.45) is 0 Å². The summed E-state index contributed by atoms with van der Waals surface area (Å²) in [6.45, 7) is 0. The van der Waals surface area contributed by atoms with Crippen LogP contribution in [0.1, 0.15) is 23.3 Å². The number of nitrogen functional groups attached to an aromatic ring is 1. The van der Waals surface area contributed by atoms with E-state index < -0.39 is 0 Å². The summed E-state index contributed by atoms with van der Waals surface area (Å²) in [5.74, 6) is 1.18. The molecule has 0 radical (unpaired) electrons. The van der Waals surface area contributed by atoms with Crippen LogP contribution in [-0.4, -0.2) is 5.16 Å². The van der Waals surface area contributed by atoms with E-state index in [9.17, 15) is 0 Å². The molecule has 0 atom stereocenters. The third-order valence-electron chi connectivity index (χ3n) is 2.88. The van der Waals surface area contributed by atoms with Gasteiger partial charge in [0, 0.05) is 4.88 Å². The molecule has 0 fully saturated rings. The highest BCUT2D eigenvalue weighted by atomic mass is 79.9. The number of aromatic nitrogens is 1. The fourth-order valence-corrected chi connectivity index (χ4v) is 3.77. The Morgan fingerprint density at radius 1 is 1.38 bits per heavy atom. The van der Waals surface area contributed by atoms with Crippen molar-refractivity contribution < 1.29 is 4.52 Å². The standard InChI is InChI=1S/C11H11BrN2OS/c12-9-10(15-14-11(9)13)8-5-6-3-1-2-4-7(6)16-8/h5H,1-4H2,(H2,13,14). The lowest BCUT2D eigenvalue weighted by molar-refractivity contribution is 0.436. The Morgan fingerprint density at radius 3 is 2.88 bits per heavy atom. The molecule has 3 nitrogen and oxygen atoms in total. The Balaban J connectivity index is 2.07. The normalized spacial score (nSPS) is 15.1. The van der Waals surface area contributed by atoms with Crippen molar-refractivity contribution in [3.05, 3.63) is 21.0 Å². The molecule has 0 amide bonds. The number of nitrogens with two attached hydrogens (primary N) is 1. The lowest BCUT2D eigenvalue weighted by Gasteiger charge is -2.08. The number of fused-ring (bicyclic) bond motifs is 1. The second kappa shape index (κ2) is 3.89. The van der Waals surface area contributed by atoms with Crippen molar-refractivity contribution in [3.63, 3.8) is 0 Å². The van der Waals surface area contributed by atoms with E-state index in [1.54, 1.807) is 11.3 Å². The smallest absolute Gasteiger partial charge is 0.193 e. The third-order valence-corrected chi connectivity index (χ3v) is 4.88. The van der Waals surface area contributed by atoms with Gasteiger partial charge in [0.1, 0.15) is 4.47 Å². The highest BCUT2D eigenvalue weighted by Gasteiger charge is 2.19. The van der Waals surface area contributed by atoms with Gasteiger partial charge in [0.25, 0.3) is 0 Å². The summed E-state index contributed by atoms with van der Waals surface area (Å²) >= 11 is 5.20. The van der Waals surface area contributed by atoms with Crippen LogP contribution in [0.3, 0.4) is 0 Å². The number of hydrogen-bond acceptors (Lipinski definition) is 4. The molecule has 3 rings (SSSR count). The lowest BCUT2D eigenvalue weighted by atomic mass is 9.99. The minimum atomic E-state index is 0.418. The average Bonchev–Trinajstić information content (AvgIpc) is 2.84.